The summed E-state index contributed by atoms with van der Waals surface area (Å²) in [6, 6.07) is 75.7. The van der Waals surface area contributed by atoms with Crippen molar-refractivity contribution in [2.24, 2.45) is 0 Å². The fourth-order valence-corrected chi connectivity index (χ4v) is 9.11. The van der Waals surface area contributed by atoms with Crippen molar-refractivity contribution in [3.8, 4) is 33.4 Å². The van der Waals surface area contributed by atoms with E-state index in [1.165, 1.54) is 21.7 Å². The maximum Gasteiger partial charge on any atom is 0.143 e. The molecule has 2 heterocycles. The highest BCUT2D eigenvalue weighted by Crippen LogP contribution is 2.44. The Morgan fingerprint density at radius 1 is 0.288 bits per heavy atom. The lowest BCUT2D eigenvalue weighted by Crippen LogP contribution is -2.10. The first-order chi connectivity index (χ1) is 29.2. The molecule has 3 nitrogen and oxygen atoms in total. The molecule has 0 saturated heterocycles. The SMILES string of the molecule is c1cc(-c2cccc3ccccc23)cc(N(c2ccc(-c3cccc4c3oc3ccccc34)cc2)c2cccc(-c3cccc4oc5c6ccccc6ccc5c34)c2)c1. The number of para-hydroxylation sites is 2. The number of benzene rings is 10. The van der Waals surface area contributed by atoms with Crippen LogP contribution in [0.2, 0.25) is 0 Å². The summed E-state index contributed by atoms with van der Waals surface area (Å²) >= 11 is 0. The molecule has 0 N–H and O–H groups in total. The van der Waals surface area contributed by atoms with Crippen molar-refractivity contribution >= 4 is 82.5 Å². The molecule has 0 saturated carbocycles. The summed E-state index contributed by atoms with van der Waals surface area (Å²) in [6.45, 7) is 0. The van der Waals surface area contributed by atoms with Crippen LogP contribution in [0.3, 0.4) is 0 Å². The van der Waals surface area contributed by atoms with Gasteiger partial charge in [0.15, 0.2) is 0 Å². The molecule has 0 atom stereocenters. The van der Waals surface area contributed by atoms with E-state index in [4.69, 9.17) is 8.83 Å². The standard InChI is InChI=1S/C56H35NO2/c1-3-19-44-36(12-1)14-9-22-45(44)39-15-7-17-42(34-39)57(41-31-28-38(29-32-41)48-24-10-25-50-49-21-5-6-26-52(49)58-55(48)50)43-18-8-16-40(35-43)46-23-11-27-53-54(46)51-33-30-37-13-2-4-20-47(37)56(51)59-53/h1-35H. The molecule has 2 aromatic heterocycles. The summed E-state index contributed by atoms with van der Waals surface area (Å²) in [4.78, 5) is 2.37. The van der Waals surface area contributed by atoms with Gasteiger partial charge >= 0.3 is 0 Å². The second-order valence-electron chi connectivity index (χ2n) is 15.2. The average Bonchev–Trinajstić information content (AvgIpc) is 3.89. The van der Waals surface area contributed by atoms with Crippen LogP contribution in [0.25, 0.3) is 98.8 Å². The Kier molecular flexibility index (Phi) is 7.54. The number of rotatable bonds is 6. The zero-order chi connectivity index (χ0) is 38.9. The molecule has 0 amide bonds. The minimum absolute atomic E-state index is 0.883. The molecule has 59 heavy (non-hydrogen) atoms. The molecule has 10 aromatic carbocycles. The highest BCUT2D eigenvalue weighted by atomic mass is 16.3. The third-order valence-corrected chi connectivity index (χ3v) is 11.8. The van der Waals surface area contributed by atoms with Gasteiger partial charge in [0.1, 0.15) is 22.3 Å². The van der Waals surface area contributed by atoms with E-state index in [1.54, 1.807) is 0 Å². The molecule has 0 aliphatic heterocycles. The van der Waals surface area contributed by atoms with E-state index in [9.17, 15) is 0 Å². The molecular weight excluding hydrogens is 719 g/mol. The Balaban J connectivity index is 1.02. The van der Waals surface area contributed by atoms with Gasteiger partial charge < -0.3 is 13.7 Å². The van der Waals surface area contributed by atoms with Crippen molar-refractivity contribution in [2.45, 2.75) is 0 Å². The van der Waals surface area contributed by atoms with Gasteiger partial charge in [0.25, 0.3) is 0 Å². The summed E-state index contributed by atoms with van der Waals surface area (Å²) in [7, 11) is 0. The van der Waals surface area contributed by atoms with Gasteiger partial charge in [-0.2, -0.15) is 0 Å². The van der Waals surface area contributed by atoms with E-state index in [-0.39, 0.29) is 0 Å². The van der Waals surface area contributed by atoms with Gasteiger partial charge in [0, 0.05) is 49.6 Å². The van der Waals surface area contributed by atoms with Gasteiger partial charge in [-0.1, -0.05) is 158 Å². The maximum absolute atomic E-state index is 6.60. The lowest BCUT2D eigenvalue weighted by atomic mass is 9.96. The highest BCUT2D eigenvalue weighted by molar-refractivity contribution is 6.19. The minimum Gasteiger partial charge on any atom is -0.455 e. The van der Waals surface area contributed by atoms with Gasteiger partial charge in [-0.25, -0.2) is 0 Å². The second-order valence-corrected chi connectivity index (χ2v) is 15.2. The molecule has 0 spiro atoms. The smallest absolute Gasteiger partial charge is 0.143 e. The van der Waals surface area contributed by atoms with E-state index in [0.717, 1.165) is 94.1 Å². The van der Waals surface area contributed by atoms with Crippen molar-refractivity contribution in [1.82, 2.24) is 0 Å². The minimum atomic E-state index is 0.883. The molecule has 12 aromatic rings. The molecule has 0 radical (unpaired) electrons. The Morgan fingerprint density at radius 3 is 1.66 bits per heavy atom. The zero-order valence-electron chi connectivity index (χ0n) is 32.0. The molecular formula is C56H35NO2. The van der Waals surface area contributed by atoms with E-state index in [1.807, 2.05) is 12.1 Å². The summed E-state index contributed by atoms with van der Waals surface area (Å²) in [5, 5.41) is 9.25. The van der Waals surface area contributed by atoms with Gasteiger partial charge in [-0.15, -0.1) is 0 Å². The van der Waals surface area contributed by atoms with Crippen molar-refractivity contribution in [2.75, 3.05) is 4.90 Å². The van der Waals surface area contributed by atoms with Gasteiger partial charge in [-0.05, 0) is 98.6 Å². The summed E-state index contributed by atoms with van der Waals surface area (Å²) in [6.07, 6.45) is 0. The molecule has 0 fully saturated rings. The molecule has 0 bridgehead atoms. The number of hydrogen-bond acceptors (Lipinski definition) is 3. The van der Waals surface area contributed by atoms with Crippen LogP contribution < -0.4 is 4.90 Å². The third-order valence-electron chi connectivity index (χ3n) is 11.8. The van der Waals surface area contributed by atoms with Crippen LogP contribution in [0.5, 0.6) is 0 Å². The van der Waals surface area contributed by atoms with E-state index in [2.05, 4.69) is 205 Å². The fraction of sp³-hybridized carbons (Fsp3) is 0. The van der Waals surface area contributed by atoms with Crippen molar-refractivity contribution in [3.63, 3.8) is 0 Å². The van der Waals surface area contributed by atoms with Crippen molar-refractivity contribution in [3.05, 3.63) is 212 Å². The normalized spacial score (nSPS) is 11.7. The Bertz CT molecular complexity index is 3570. The number of hydrogen-bond donors (Lipinski definition) is 0. The van der Waals surface area contributed by atoms with E-state index < -0.39 is 0 Å². The Hall–Kier alpha value is -7.88. The van der Waals surface area contributed by atoms with Gasteiger partial charge in [0.2, 0.25) is 0 Å². The first-order valence-electron chi connectivity index (χ1n) is 20.1. The molecule has 12 rings (SSSR count). The van der Waals surface area contributed by atoms with Crippen molar-refractivity contribution in [1.29, 1.82) is 0 Å². The number of nitrogens with zero attached hydrogens (tertiary/aromatic N) is 1. The number of anilines is 3. The largest absolute Gasteiger partial charge is 0.455 e. The van der Waals surface area contributed by atoms with E-state index in [0.29, 0.717) is 0 Å². The lowest BCUT2D eigenvalue weighted by Gasteiger charge is -2.27. The quantitative estimate of drug-likeness (QED) is 0.169. The van der Waals surface area contributed by atoms with Crippen LogP contribution in [-0.4, -0.2) is 0 Å². The topological polar surface area (TPSA) is 29.5 Å². The molecule has 0 aliphatic rings. The first-order valence-corrected chi connectivity index (χ1v) is 20.1. The maximum atomic E-state index is 6.60. The first kappa shape index (κ1) is 33.3. The summed E-state index contributed by atoms with van der Waals surface area (Å²) in [5.74, 6) is 0. The highest BCUT2D eigenvalue weighted by Gasteiger charge is 2.19. The molecule has 3 heteroatoms. The predicted octanol–water partition coefficient (Wildman–Crippen LogP) is 16.3. The molecule has 276 valence electrons. The average molecular weight is 754 g/mol. The fourth-order valence-electron chi connectivity index (χ4n) is 9.11. The molecule has 0 aliphatic carbocycles. The number of fused-ring (bicyclic) bond motifs is 9. The van der Waals surface area contributed by atoms with Gasteiger partial charge in [-0.3, -0.25) is 0 Å². The van der Waals surface area contributed by atoms with Gasteiger partial charge in [0.05, 0.1) is 0 Å². The molecule has 0 unspecified atom stereocenters. The van der Waals surface area contributed by atoms with Crippen LogP contribution in [0.15, 0.2) is 221 Å². The monoisotopic (exact) mass is 753 g/mol. The second kappa shape index (κ2) is 13.4. The Morgan fingerprint density at radius 2 is 0.847 bits per heavy atom. The zero-order valence-corrected chi connectivity index (χ0v) is 32.0. The Labute approximate surface area is 340 Å². The summed E-state index contributed by atoms with van der Waals surface area (Å²) in [5.41, 5.74) is 13.6. The van der Waals surface area contributed by atoms with Crippen LogP contribution in [-0.2, 0) is 0 Å². The predicted molar refractivity (Wildman–Crippen MR) is 247 cm³/mol. The summed E-state index contributed by atoms with van der Waals surface area (Å²) < 4.78 is 13.1. The lowest BCUT2D eigenvalue weighted by molar-refractivity contribution is 0.670. The van der Waals surface area contributed by atoms with Crippen LogP contribution in [0, 0.1) is 0 Å². The van der Waals surface area contributed by atoms with Crippen LogP contribution in [0.1, 0.15) is 0 Å². The van der Waals surface area contributed by atoms with Crippen molar-refractivity contribution < 1.29 is 8.83 Å². The third kappa shape index (κ3) is 5.44. The number of furan rings is 2. The van der Waals surface area contributed by atoms with Crippen LogP contribution in [0.4, 0.5) is 17.1 Å². The van der Waals surface area contributed by atoms with Crippen LogP contribution >= 0.6 is 0 Å². The van der Waals surface area contributed by atoms with E-state index >= 15 is 0 Å².